The number of likely N-dealkylation sites (tertiary alicyclic amines) is 1. The van der Waals surface area contributed by atoms with E-state index in [1.165, 1.54) is 5.56 Å². The van der Waals surface area contributed by atoms with Gasteiger partial charge in [0.1, 0.15) is 0 Å². The fourth-order valence-corrected chi connectivity index (χ4v) is 2.95. The maximum Gasteiger partial charge on any atom is 0.223 e. The molecular weight excluding hydrogens is 272 g/mol. The summed E-state index contributed by atoms with van der Waals surface area (Å²) in [7, 11) is 4.13. The third-order valence-electron chi connectivity index (χ3n) is 3.81. The first-order valence-corrected chi connectivity index (χ1v) is 7.62. The molecule has 1 heterocycles. The molecule has 0 bridgehead atoms. The number of amides is 1. The molecule has 3 nitrogen and oxygen atoms in total. The minimum Gasteiger partial charge on any atom is -0.338 e. The normalized spacial score (nSPS) is 18.8. The van der Waals surface area contributed by atoms with Gasteiger partial charge in [-0.3, -0.25) is 4.79 Å². The van der Waals surface area contributed by atoms with E-state index in [1.54, 1.807) is 0 Å². The number of hydrogen-bond donors (Lipinski definition) is 0. The Morgan fingerprint density at radius 3 is 2.70 bits per heavy atom. The zero-order valence-electron chi connectivity index (χ0n) is 12.3. The van der Waals surface area contributed by atoms with Crippen molar-refractivity contribution in [2.24, 2.45) is 0 Å². The van der Waals surface area contributed by atoms with Crippen LogP contribution in [0.2, 0.25) is 5.02 Å². The van der Waals surface area contributed by atoms with Gasteiger partial charge in [0.25, 0.3) is 0 Å². The lowest BCUT2D eigenvalue weighted by Gasteiger charge is -2.27. The SMILES string of the molecule is CN(C)C[C@@H]1CCCN1C(=O)CCc1ccc(Cl)cc1. The summed E-state index contributed by atoms with van der Waals surface area (Å²) in [5, 5.41) is 0.741. The number of aryl methyl sites for hydroxylation is 1. The Labute approximate surface area is 126 Å². The first-order chi connectivity index (χ1) is 9.56. The number of carbonyl (C=O) groups excluding carboxylic acids is 1. The van der Waals surface area contributed by atoms with Gasteiger partial charge in [-0.2, -0.15) is 0 Å². The van der Waals surface area contributed by atoms with Crippen molar-refractivity contribution in [3.05, 3.63) is 34.9 Å². The third kappa shape index (κ3) is 4.22. The smallest absolute Gasteiger partial charge is 0.223 e. The molecule has 1 aromatic carbocycles. The molecule has 20 heavy (non-hydrogen) atoms. The number of hydrogen-bond acceptors (Lipinski definition) is 2. The van der Waals surface area contributed by atoms with Gasteiger partial charge in [-0.15, -0.1) is 0 Å². The Morgan fingerprint density at radius 2 is 2.05 bits per heavy atom. The highest BCUT2D eigenvalue weighted by Crippen LogP contribution is 2.19. The molecule has 4 heteroatoms. The molecule has 2 rings (SSSR count). The second kappa shape index (κ2) is 7.09. The predicted molar refractivity (Wildman–Crippen MR) is 83.1 cm³/mol. The molecule has 1 aromatic rings. The quantitative estimate of drug-likeness (QED) is 0.834. The van der Waals surface area contributed by atoms with Gasteiger partial charge in [-0.05, 0) is 51.1 Å². The van der Waals surface area contributed by atoms with E-state index in [9.17, 15) is 4.79 Å². The highest BCUT2D eigenvalue weighted by molar-refractivity contribution is 6.30. The second-order valence-corrected chi connectivity index (χ2v) is 6.21. The molecule has 0 spiro atoms. The van der Waals surface area contributed by atoms with E-state index >= 15 is 0 Å². The van der Waals surface area contributed by atoms with E-state index in [1.807, 2.05) is 24.3 Å². The van der Waals surface area contributed by atoms with Crippen LogP contribution in [0.5, 0.6) is 0 Å². The van der Waals surface area contributed by atoms with Crippen LogP contribution in [0.3, 0.4) is 0 Å². The number of carbonyl (C=O) groups is 1. The molecular formula is C16H23ClN2O. The Morgan fingerprint density at radius 1 is 1.35 bits per heavy atom. The van der Waals surface area contributed by atoms with Gasteiger partial charge in [0.05, 0.1) is 0 Å². The number of likely N-dealkylation sites (N-methyl/N-ethyl adjacent to an activating group) is 1. The lowest BCUT2D eigenvalue weighted by atomic mass is 10.1. The molecule has 1 aliphatic heterocycles. The van der Waals surface area contributed by atoms with Gasteiger partial charge in [0.2, 0.25) is 5.91 Å². The molecule has 0 unspecified atom stereocenters. The van der Waals surface area contributed by atoms with E-state index < -0.39 is 0 Å². The number of benzene rings is 1. The highest BCUT2D eigenvalue weighted by atomic mass is 35.5. The van der Waals surface area contributed by atoms with Crippen LogP contribution in [-0.4, -0.2) is 48.9 Å². The zero-order valence-corrected chi connectivity index (χ0v) is 13.1. The average molecular weight is 295 g/mol. The summed E-state index contributed by atoms with van der Waals surface area (Å²) < 4.78 is 0. The summed E-state index contributed by atoms with van der Waals surface area (Å²) in [6, 6.07) is 8.15. The van der Waals surface area contributed by atoms with Crippen molar-refractivity contribution in [1.82, 2.24) is 9.80 Å². The summed E-state index contributed by atoms with van der Waals surface area (Å²) in [5.41, 5.74) is 1.17. The van der Waals surface area contributed by atoms with E-state index in [0.717, 1.165) is 37.4 Å². The molecule has 0 aliphatic carbocycles. The Hall–Kier alpha value is -1.06. The van der Waals surface area contributed by atoms with Crippen molar-refractivity contribution in [3.8, 4) is 0 Å². The number of halogens is 1. The monoisotopic (exact) mass is 294 g/mol. The molecule has 0 aromatic heterocycles. The van der Waals surface area contributed by atoms with Crippen molar-refractivity contribution in [3.63, 3.8) is 0 Å². The molecule has 1 atom stereocenters. The van der Waals surface area contributed by atoms with Crippen molar-refractivity contribution in [1.29, 1.82) is 0 Å². The van der Waals surface area contributed by atoms with Crippen LogP contribution in [0.4, 0.5) is 0 Å². The van der Waals surface area contributed by atoms with Crippen molar-refractivity contribution in [2.45, 2.75) is 31.7 Å². The molecule has 0 radical (unpaired) electrons. The second-order valence-electron chi connectivity index (χ2n) is 5.77. The molecule has 110 valence electrons. The van der Waals surface area contributed by atoms with Gasteiger partial charge < -0.3 is 9.80 Å². The maximum atomic E-state index is 12.4. The fourth-order valence-electron chi connectivity index (χ4n) is 2.82. The van der Waals surface area contributed by atoms with Crippen LogP contribution in [0.25, 0.3) is 0 Å². The Bertz CT molecular complexity index is 444. The molecule has 1 saturated heterocycles. The topological polar surface area (TPSA) is 23.6 Å². The average Bonchev–Trinajstić information content (AvgIpc) is 2.85. The lowest BCUT2D eigenvalue weighted by molar-refractivity contribution is -0.132. The third-order valence-corrected chi connectivity index (χ3v) is 4.07. The molecule has 1 aliphatic rings. The number of rotatable bonds is 5. The van der Waals surface area contributed by atoms with Gasteiger partial charge in [0, 0.05) is 30.6 Å². The molecule has 1 amide bonds. The lowest BCUT2D eigenvalue weighted by Crippen LogP contribution is -2.41. The molecule has 0 N–H and O–H groups in total. The Balaban J connectivity index is 1.86. The van der Waals surface area contributed by atoms with Crippen LogP contribution < -0.4 is 0 Å². The first kappa shape index (κ1) is 15.3. The van der Waals surface area contributed by atoms with Gasteiger partial charge in [0.15, 0.2) is 0 Å². The van der Waals surface area contributed by atoms with Crippen molar-refractivity contribution < 1.29 is 4.79 Å². The summed E-state index contributed by atoms with van der Waals surface area (Å²) in [5.74, 6) is 0.282. The standard InChI is InChI=1S/C16H23ClN2O/c1-18(2)12-15-4-3-11-19(15)16(20)10-7-13-5-8-14(17)9-6-13/h5-6,8-9,15H,3-4,7,10-12H2,1-2H3/t15-/m0/s1. The minimum atomic E-state index is 0.282. The summed E-state index contributed by atoms with van der Waals surface area (Å²) >= 11 is 5.87. The Kier molecular flexibility index (Phi) is 5.44. The van der Waals surface area contributed by atoms with E-state index in [-0.39, 0.29) is 5.91 Å². The minimum absolute atomic E-state index is 0.282. The van der Waals surface area contributed by atoms with Crippen LogP contribution >= 0.6 is 11.6 Å². The molecule has 0 saturated carbocycles. The maximum absolute atomic E-state index is 12.4. The summed E-state index contributed by atoms with van der Waals surface area (Å²) in [4.78, 5) is 16.6. The van der Waals surface area contributed by atoms with Gasteiger partial charge in [-0.1, -0.05) is 23.7 Å². The molecule has 1 fully saturated rings. The van der Waals surface area contributed by atoms with Crippen LogP contribution in [-0.2, 0) is 11.2 Å². The van der Waals surface area contributed by atoms with Gasteiger partial charge in [-0.25, -0.2) is 0 Å². The fraction of sp³-hybridized carbons (Fsp3) is 0.562. The summed E-state index contributed by atoms with van der Waals surface area (Å²) in [6.45, 7) is 1.88. The van der Waals surface area contributed by atoms with Crippen molar-refractivity contribution >= 4 is 17.5 Å². The van der Waals surface area contributed by atoms with Crippen LogP contribution in [0.1, 0.15) is 24.8 Å². The van der Waals surface area contributed by atoms with E-state index in [4.69, 9.17) is 11.6 Å². The van der Waals surface area contributed by atoms with E-state index in [2.05, 4.69) is 23.9 Å². The largest absolute Gasteiger partial charge is 0.338 e. The van der Waals surface area contributed by atoms with Crippen molar-refractivity contribution in [2.75, 3.05) is 27.2 Å². The zero-order chi connectivity index (χ0) is 14.5. The number of nitrogens with zero attached hydrogens (tertiary/aromatic N) is 2. The van der Waals surface area contributed by atoms with Crippen LogP contribution in [0, 0.1) is 0 Å². The van der Waals surface area contributed by atoms with Crippen LogP contribution in [0.15, 0.2) is 24.3 Å². The highest BCUT2D eigenvalue weighted by Gasteiger charge is 2.28. The predicted octanol–water partition coefficient (Wildman–Crippen LogP) is 2.83. The first-order valence-electron chi connectivity index (χ1n) is 7.25. The van der Waals surface area contributed by atoms with E-state index in [0.29, 0.717) is 12.5 Å². The summed E-state index contributed by atoms with van der Waals surface area (Å²) in [6.07, 6.45) is 3.64. The van der Waals surface area contributed by atoms with Gasteiger partial charge >= 0.3 is 0 Å².